The van der Waals surface area contributed by atoms with Crippen molar-refractivity contribution in [1.82, 2.24) is 4.90 Å². The molecule has 0 spiro atoms. The van der Waals surface area contributed by atoms with Crippen molar-refractivity contribution in [3.63, 3.8) is 0 Å². The Morgan fingerprint density at radius 2 is 2.16 bits per heavy atom. The lowest BCUT2D eigenvalue weighted by atomic mass is 10.00. The van der Waals surface area contributed by atoms with Gasteiger partial charge in [-0.15, -0.1) is 6.42 Å². The molecule has 2 bridgehead atoms. The van der Waals surface area contributed by atoms with Crippen LogP contribution in [0.5, 0.6) is 0 Å². The van der Waals surface area contributed by atoms with Crippen molar-refractivity contribution in [2.45, 2.75) is 38.0 Å². The second kappa shape index (κ2) is 4.97. The summed E-state index contributed by atoms with van der Waals surface area (Å²) in [7, 11) is 0. The molecule has 3 atom stereocenters. The number of benzene rings is 1. The van der Waals surface area contributed by atoms with Gasteiger partial charge in [-0.2, -0.15) is 0 Å². The lowest BCUT2D eigenvalue weighted by Gasteiger charge is -2.31. The Kier molecular flexibility index (Phi) is 3.16. The van der Waals surface area contributed by atoms with E-state index in [2.05, 4.69) is 5.92 Å². The highest BCUT2D eigenvalue weighted by Crippen LogP contribution is 2.42. The summed E-state index contributed by atoms with van der Waals surface area (Å²) in [5.41, 5.74) is 0.998. The Bertz CT molecular complexity index is 505. The molecule has 1 aliphatic carbocycles. The number of amides is 1. The molecule has 1 saturated carbocycles. The Balaban J connectivity index is 1.63. The second-order valence-electron chi connectivity index (χ2n) is 5.29. The molecule has 1 aliphatic heterocycles. The summed E-state index contributed by atoms with van der Waals surface area (Å²) < 4.78 is 5.39. The van der Waals surface area contributed by atoms with Crippen molar-refractivity contribution in [3.05, 3.63) is 35.9 Å². The molecule has 0 aromatic heterocycles. The number of ether oxygens (including phenoxy) is 1. The van der Waals surface area contributed by atoms with Gasteiger partial charge in [-0.1, -0.05) is 36.3 Å². The molecule has 1 heterocycles. The smallest absolute Gasteiger partial charge is 0.411 e. The van der Waals surface area contributed by atoms with Crippen LogP contribution in [0.2, 0.25) is 0 Å². The minimum Gasteiger partial charge on any atom is -0.445 e. The van der Waals surface area contributed by atoms with Crippen LogP contribution in [0.3, 0.4) is 0 Å². The van der Waals surface area contributed by atoms with E-state index in [9.17, 15) is 4.79 Å². The lowest BCUT2D eigenvalue weighted by Crippen LogP contribution is -2.44. The molecular formula is C16H17NO2. The van der Waals surface area contributed by atoms with Gasteiger partial charge in [-0.3, -0.25) is 4.90 Å². The van der Waals surface area contributed by atoms with E-state index >= 15 is 0 Å². The number of carbonyl (C=O) groups excluding carboxylic acids is 1. The minimum absolute atomic E-state index is 0.0676. The maximum absolute atomic E-state index is 12.2. The topological polar surface area (TPSA) is 29.5 Å². The molecule has 0 N–H and O–H groups in total. The fourth-order valence-electron chi connectivity index (χ4n) is 3.26. The van der Waals surface area contributed by atoms with Crippen molar-refractivity contribution < 1.29 is 9.53 Å². The van der Waals surface area contributed by atoms with E-state index in [1.165, 1.54) is 0 Å². The van der Waals surface area contributed by atoms with Crippen LogP contribution in [-0.4, -0.2) is 23.1 Å². The van der Waals surface area contributed by atoms with Gasteiger partial charge in [0, 0.05) is 6.04 Å². The van der Waals surface area contributed by atoms with Crippen molar-refractivity contribution in [2.24, 2.45) is 5.92 Å². The average molecular weight is 255 g/mol. The third-order valence-corrected chi connectivity index (χ3v) is 4.17. The molecule has 0 unspecified atom stereocenters. The van der Waals surface area contributed by atoms with E-state index in [0.29, 0.717) is 12.5 Å². The number of hydrogen-bond acceptors (Lipinski definition) is 2. The van der Waals surface area contributed by atoms with Crippen molar-refractivity contribution in [3.8, 4) is 12.3 Å². The zero-order chi connectivity index (χ0) is 13.2. The number of hydrogen-bond donors (Lipinski definition) is 0. The molecule has 0 radical (unpaired) electrons. The summed E-state index contributed by atoms with van der Waals surface area (Å²) in [6, 6.07) is 9.93. The molecule has 19 heavy (non-hydrogen) atoms. The molecule has 98 valence electrons. The van der Waals surface area contributed by atoms with Crippen molar-refractivity contribution >= 4 is 6.09 Å². The SMILES string of the molecule is C#C[C@@H]1[C@H]2CC[C@H](C2)N1C(=O)OCc1ccccc1. The molecule has 3 heteroatoms. The summed E-state index contributed by atoms with van der Waals surface area (Å²) in [4.78, 5) is 14.0. The summed E-state index contributed by atoms with van der Waals surface area (Å²) in [6.07, 6.45) is 8.53. The number of terminal acetylenes is 1. The molecule has 2 fully saturated rings. The number of rotatable bonds is 2. The van der Waals surface area contributed by atoms with Crippen LogP contribution in [0.25, 0.3) is 0 Å². The summed E-state index contributed by atoms with van der Waals surface area (Å²) >= 11 is 0. The van der Waals surface area contributed by atoms with Gasteiger partial charge in [-0.05, 0) is 30.7 Å². The van der Waals surface area contributed by atoms with Crippen LogP contribution < -0.4 is 0 Å². The monoisotopic (exact) mass is 255 g/mol. The molecule has 1 saturated heterocycles. The molecule has 1 amide bonds. The first-order chi connectivity index (χ1) is 9.29. The highest BCUT2D eigenvalue weighted by molar-refractivity contribution is 5.70. The fraction of sp³-hybridized carbons (Fsp3) is 0.438. The van der Waals surface area contributed by atoms with Crippen LogP contribution >= 0.6 is 0 Å². The largest absolute Gasteiger partial charge is 0.445 e. The number of carbonyl (C=O) groups is 1. The third kappa shape index (κ3) is 2.19. The van der Waals surface area contributed by atoms with Gasteiger partial charge in [0.05, 0.1) is 6.04 Å². The predicted octanol–water partition coefficient (Wildman–Crippen LogP) is 2.81. The van der Waals surface area contributed by atoms with Gasteiger partial charge >= 0.3 is 6.09 Å². The van der Waals surface area contributed by atoms with Gasteiger partial charge in [-0.25, -0.2) is 4.79 Å². The lowest BCUT2D eigenvalue weighted by molar-refractivity contribution is 0.0753. The Labute approximate surface area is 113 Å². The standard InChI is InChI=1S/C16H17NO2/c1-2-15-13-8-9-14(10-13)17(15)16(18)19-11-12-6-4-3-5-7-12/h1,3-7,13-15H,8-11H2/t13-,14+,15+/m0/s1. The molecule has 3 nitrogen and oxygen atoms in total. The van der Waals surface area contributed by atoms with E-state index in [4.69, 9.17) is 11.2 Å². The number of piperidine rings is 1. The molecule has 3 rings (SSSR count). The van der Waals surface area contributed by atoms with E-state index < -0.39 is 0 Å². The third-order valence-electron chi connectivity index (χ3n) is 4.17. The van der Waals surface area contributed by atoms with Crippen molar-refractivity contribution in [2.75, 3.05) is 0 Å². The van der Waals surface area contributed by atoms with Crippen LogP contribution in [0.15, 0.2) is 30.3 Å². The van der Waals surface area contributed by atoms with Gasteiger partial charge in [0.2, 0.25) is 0 Å². The highest BCUT2D eigenvalue weighted by atomic mass is 16.6. The van der Waals surface area contributed by atoms with Crippen LogP contribution in [0, 0.1) is 18.3 Å². The fourth-order valence-corrected chi connectivity index (χ4v) is 3.26. The minimum atomic E-state index is -0.265. The summed E-state index contributed by atoms with van der Waals surface area (Å²) in [5, 5.41) is 0. The highest BCUT2D eigenvalue weighted by Gasteiger charge is 2.48. The zero-order valence-electron chi connectivity index (χ0n) is 10.8. The maximum atomic E-state index is 12.2. The van der Waals surface area contributed by atoms with Crippen molar-refractivity contribution in [1.29, 1.82) is 0 Å². The van der Waals surface area contributed by atoms with Crippen LogP contribution in [0.4, 0.5) is 4.79 Å². The molecular weight excluding hydrogens is 238 g/mol. The first-order valence-corrected chi connectivity index (χ1v) is 6.74. The quantitative estimate of drug-likeness (QED) is 0.760. The first-order valence-electron chi connectivity index (χ1n) is 6.74. The number of fused-ring (bicyclic) bond motifs is 2. The Hall–Kier alpha value is -1.95. The summed E-state index contributed by atoms with van der Waals surface area (Å²) in [5.74, 6) is 3.22. The normalized spacial score (nSPS) is 28.2. The van der Waals surface area contributed by atoms with E-state index in [-0.39, 0.29) is 18.2 Å². The average Bonchev–Trinajstić information content (AvgIpc) is 3.06. The first kappa shape index (κ1) is 12.1. The van der Waals surface area contributed by atoms with Crippen LogP contribution in [0.1, 0.15) is 24.8 Å². The second-order valence-corrected chi connectivity index (χ2v) is 5.29. The van der Waals surface area contributed by atoms with E-state index in [1.54, 1.807) is 4.90 Å². The number of likely N-dealkylation sites (tertiary alicyclic amines) is 1. The number of nitrogens with zero attached hydrogens (tertiary/aromatic N) is 1. The molecule has 2 aliphatic rings. The van der Waals surface area contributed by atoms with Gasteiger partial charge in [0.1, 0.15) is 6.61 Å². The maximum Gasteiger partial charge on any atom is 0.411 e. The molecule has 1 aromatic rings. The van der Waals surface area contributed by atoms with Gasteiger partial charge in [0.15, 0.2) is 0 Å². The van der Waals surface area contributed by atoms with Gasteiger partial charge in [0.25, 0.3) is 0 Å². The van der Waals surface area contributed by atoms with E-state index in [0.717, 1.165) is 24.8 Å². The van der Waals surface area contributed by atoms with Gasteiger partial charge < -0.3 is 4.74 Å². The predicted molar refractivity (Wildman–Crippen MR) is 72.2 cm³/mol. The summed E-state index contributed by atoms with van der Waals surface area (Å²) in [6.45, 7) is 0.310. The Morgan fingerprint density at radius 3 is 2.89 bits per heavy atom. The van der Waals surface area contributed by atoms with Crippen LogP contribution in [-0.2, 0) is 11.3 Å². The Morgan fingerprint density at radius 1 is 1.37 bits per heavy atom. The zero-order valence-corrected chi connectivity index (χ0v) is 10.8. The molecule has 1 aromatic carbocycles. The van der Waals surface area contributed by atoms with E-state index in [1.807, 2.05) is 30.3 Å².